The third kappa shape index (κ3) is 1.93. The fourth-order valence-electron chi connectivity index (χ4n) is 1.79. The summed E-state index contributed by atoms with van der Waals surface area (Å²) >= 11 is 0. The zero-order valence-corrected chi connectivity index (χ0v) is 10.0. The zero-order chi connectivity index (χ0) is 13.2. The summed E-state index contributed by atoms with van der Waals surface area (Å²) in [6.07, 6.45) is 1.71. The zero-order valence-electron chi connectivity index (χ0n) is 10.0. The average Bonchev–Trinajstić information content (AvgIpc) is 2.95. The van der Waals surface area contributed by atoms with Gasteiger partial charge in [-0.05, 0) is 18.2 Å². The van der Waals surface area contributed by atoms with Gasteiger partial charge in [-0.2, -0.15) is 0 Å². The SMILES string of the molecule is COC(=O)c1nnc(-c2cccc3ncccc23)o1. The molecule has 0 amide bonds. The molecule has 19 heavy (non-hydrogen) atoms. The van der Waals surface area contributed by atoms with Crippen LogP contribution in [-0.2, 0) is 4.74 Å². The maximum absolute atomic E-state index is 11.3. The van der Waals surface area contributed by atoms with Gasteiger partial charge in [0.2, 0.25) is 5.89 Å². The van der Waals surface area contributed by atoms with Gasteiger partial charge >= 0.3 is 11.9 Å². The van der Waals surface area contributed by atoms with E-state index in [0.29, 0.717) is 0 Å². The predicted molar refractivity (Wildman–Crippen MR) is 66.4 cm³/mol. The Bertz CT molecular complexity index is 746. The van der Waals surface area contributed by atoms with Gasteiger partial charge in [-0.1, -0.05) is 12.1 Å². The van der Waals surface area contributed by atoms with Crippen molar-refractivity contribution in [1.29, 1.82) is 0 Å². The Hall–Kier alpha value is -2.76. The smallest absolute Gasteiger partial charge is 0.396 e. The molecule has 0 spiro atoms. The van der Waals surface area contributed by atoms with E-state index < -0.39 is 5.97 Å². The quantitative estimate of drug-likeness (QED) is 0.652. The lowest BCUT2D eigenvalue weighted by Crippen LogP contribution is -2.00. The lowest BCUT2D eigenvalue weighted by molar-refractivity contribution is 0.0556. The molecule has 1 aromatic carbocycles. The standard InChI is InChI=1S/C13H9N3O3/c1-18-13(17)12-16-15-11(19-12)9-4-2-6-10-8(9)5-3-7-14-10/h2-7H,1H3. The van der Waals surface area contributed by atoms with Gasteiger partial charge in [-0.3, -0.25) is 4.98 Å². The Kier molecular flexibility index (Phi) is 2.68. The first kappa shape index (κ1) is 11.3. The molecule has 3 rings (SSSR count). The van der Waals surface area contributed by atoms with Crippen LogP contribution < -0.4 is 0 Å². The molecule has 0 fully saturated rings. The second-order valence-electron chi connectivity index (χ2n) is 3.78. The monoisotopic (exact) mass is 255 g/mol. The van der Waals surface area contributed by atoms with Gasteiger partial charge in [0.25, 0.3) is 0 Å². The van der Waals surface area contributed by atoms with E-state index in [9.17, 15) is 4.79 Å². The van der Waals surface area contributed by atoms with E-state index in [1.165, 1.54) is 7.11 Å². The maximum atomic E-state index is 11.3. The number of carbonyl (C=O) groups is 1. The third-order valence-corrected chi connectivity index (χ3v) is 2.66. The van der Waals surface area contributed by atoms with Crippen LogP contribution in [0.4, 0.5) is 0 Å². The van der Waals surface area contributed by atoms with Crippen molar-refractivity contribution in [2.24, 2.45) is 0 Å². The lowest BCUT2D eigenvalue weighted by Gasteiger charge is -2.00. The number of methoxy groups -OCH3 is 1. The lowest BCUT2D eigenvalue weighted by atomic mass is 10.1. The van der Waals surface area contributed by atoms with Crippen molar-refractivity contribution in [3.05, 3.63) is 42.4 Å². The molecule has 3 aromatic rings. The van der Waals surface area contributed by atoms with Crippen LogP contribution in [0.2, 0.25) is 0 Å². The van der Waals surface area contributed by atoms with Crippen molar-refractivity contribution >= 4 is 16.9 Å². The summed E-state index contributed by atoms with van der Waals surface area (Å²) in [7, 11) is 1.26. The highest BCUT2D eigenvalue weighted by Crippen LogP contribution is 2.26. The van der Waals surface area contributed by atoms with E-state index >= 15 is 0 Å². The van der Waals surface area contributed by atoms with Crippen LogP contribution in [0.3, 0.4) is 0 Å². The first-order valence-electron chi connectivity index (χ1n) is 5.55. The van der Waals surface area contributed by atoms with Crippen molar-refractivity contribution in [2.45, 2.75) is 0 Å². The highest BCUT2D eigenvalue weighted by atomic mass is 16.5. The van der Waals surface area contributed by atoms with Crippen LogP contribution in [0.15, 0.2) is 40.9 Å². The number of ether oxygens (including phenoxy) is 1. The number of hydrogen-bond acceptors (Lipinski definition) is 6. The van der Waals surface area contributed by atoms with Gasteiger partial charge in [-0.25, -0.2) is 4.79 Å². The molecule has 6 nitrogen and oxygen atoms in total. The molecule has 0 aliphatic carbocycles. The number of rotatable bonds is 2. The number of benzene rings is 1. The molecular weight excluding hydrogens is 246 g/mol. The minimum Gasteiger partial charge on any atom is -0.462 e. The summed E-state index contributed by atoms with van der Waals surface area (Å²) < 4.78 is 9.83. The highest BCUT2D eigenvalue weighted by Gasteiger charge is 2.17. The molecule has 0 saturated heterocycles. The summed E-state index contributed by atoms with van der Waals surface area (Å²) in [6.45, 7) is 0. The van der Waals surface area contributed by atoms with Crippen LogP contribution in [0.1, 0.15) is 10.7 Å². The molecule has 2 heterocycles. The minimum atomic E-state index is -0.655. The van der Waals surface area contributed by atoms with Crippen LogP contribution in [0, 0.1) is 0 Å². The number of pyridine rings is 1. The molecule has 0 aliphatic heterocycles. The molecule has 0 N–H and O–H groups in total. The van der Waals surface area contributed by atoms with Gasteiger partial charge in [0.05, 0.1) is 12.6 Å². The summed E-state index contributed by atoms with van der Waals surface area (Å²) in [6, 6.07) is 9.28. The Morgan fingerprint density at radius 3 is 2.95 bits per heavy atom. The first-order chi connectivity index (χ1) is 9.29. The van der Waals surface area contributed by atoms with Crippen molar-refractivity contribution < 1.29 is 13.9 Å². The Morgan fingerprint density at radius 1 is 1.21 bits per heavy atom. The van der Waals surface area contributed by atoms with Gasteiger partial charge in [-0.15, -0.1) is 10.2 Å². The Labute approximate surface area is 108 Å². The Morgan fingerprint density at radius 2 is 2.11 bits per heavy atom. The van der Waals surface area contributed by atoms with E-state index in [0.717, 1.165) is 16.5 Å². The summed E-state index contributed by atoms with van der Waals surface area (Å²) in [4.78, 5) is 15.5. The molecule has 0 unspecified atom stereocenters. The number of fused-ring (bicyclic) bond motifs is 1. The first-order valence-corrected chi connectivity index (χ1v) is 5.55. The van der Waals surface area contributed by atoms with E-state index in [1.54, 1.807) is 6.20 Å². The second kappa shape index (κ2) is 4.49. The largest absolute Gasteiger partial charge is 0.462 e. The average molecular weight is 255 g/mol. The van der Waals surface area contributed by atoms with Gasteiger partial charge in [0.1, 0.15) is 0 Å². The number of esters is 1. The molecular formula is C13H9N3O3. The van der Waals surface area contributed by atoms with Crippen molar-refractivity contribution in [1.82, 2.24) is 15.2 Å². The molecule has 0 atom stereocenters. The Balaban J connectivity index is 2.14. The number of hydrogen-bond donors (Lipinski definition) is 0. The van der Waals surface area contributed by atoms with Crippen LogP contribution >= 0.6 is 0 Å². The molecule has 6 heteroatoms. The highest BCUT2D eigenvalue weighted by molar-refractivity contribution is 5.92. The van der Waals surface area contributed by atoms with Gasteiger partial charge in [0, 0.05) is 17.1 Å². The normalized spacial score (nSPS) is 10.6. The third-order valence-electron chi connectivity index (χ3n) is 2.66. The molecule has 0 bridgehead atoms. The summed E-state index contributed by atoms with van der Waals surface area (Å²) in [5, 5.41) is 8.40. The van der Waals surface area contributed by atoms with Crippen LogP contribution in [0.5, 0.6) is 0 Å². The minimum absolute atomic E-state index is 0.168. The molecule has 94 valence electrons. The van der Waals surface area contributed by atoms with Crippen molar-refractivity contribution in [3.63, 3.8) is 0 Å². The molecule has 0 aliphatic rings. The van der Waals surface area contributed by atoms with E-state index in [4.69, 9.17) is 4.42 Å². The maximum Gasteiger partial charge on any atom is 0.396 e. The van der Waals surface area contributed by atoms with E-state index in [-0.39, 0.29) is 11.8 Å². The topological polar surface area (TPSA) is 78.1 Å². The molecule has 2 aromatic heterocycles. The molecule has 0 radical (unpaired) electrons. The predicted octanol–water partition coefficient (Wildman–Crippen LogP) is 2.07. The van der Waals surface area contributed by atoms with E-state index in [1.807, 2.05) is 30.3 Å². The number of aromatic nitrogens is 3. The second-order valence-corrected chi connectivity index (χ2v) is 3.78. The number of carbonyl (C=O) groups excluding carboxylic acids is 1. The van der Waals surface area contributed by atoms with Crippen molar-refractivity contribution in [2.75, 3.05) is 7.11 Å². The summed E-state index contributed by atoms with van der Waals surface area (Å²) in [5.74, 6) is -0.561. The fourth-order valence-corrected chi connectivity index (χ4v) is 1.79. The van der Waals surface area contributed by atoms with Crippen LogP contribution in [-0.4, -0.2) is 28.3 Å². The van der Waals surface area contributed by atoms with Crippen molar-refractivity contribution in [3.8, 4) is 11.5 Å². The number of nitrogens with zero attached hydrogens (tertiary/aromatic N) is 3. The van der Waals surface area contributed by atoms with Gasteiger partial charge in [0.15, 0.2) is 0 Å². The van der Waals surface area contributed by atoms with Crippen LogP contribution in [0.25, 0.3) is 22.4 Å². The summed E-state index contributed by atoms with van der Waals surface area (Å²) in [5.41, 5.74) is 1.55. The molecule has 0 saturated carbocycles. The van der Waals surface area contributed by atoms with E-state index in [2.05, 4.69) is 19.9 Å². The van der Waals surface area contributed by atoms with Gasteiger partial charge < -0.3 is 9.15 Å². The fraction of sp³-hybridized carbons (Fsp3) is 0.0769.